The number of nitriles is 1. The molecule has 0 aromatic rings. The summed E-state index contributed by atoms with van der Waals surface area (Å²) >= 11 is 0. The van der Waals surface area contributed by atoms with Crippen LogP contribution < -0.4 is 0 Å². The summed E-state index contributed by atoms with van der Waals surface area (Å²) in [6, 6.07) is 1.96. The second kappa shape index (κ2) is 4.63. The molecular weight excluding hydrogens is 192 g/mol. The highest BCUT2D eigenvalue weighted by Gasteiger charge is 2.34. The number of rotatable bonds is 1. The fraction of sp³-hybridized carbons (Fsp3) is 0.818. The molecular formula is C11H16N2O2. The van der Waals surface area contributed by atoms with Crippen molar-refractivity contribution in [3.63, 3.8) is 0 Å². The van der Waals surface area contributed by atoms with Gasteiger partial charge in [-0.1, -0.05) is 0 Å². The zero-order valence-electron chi connectivity index (χ0n) is 8.82. The first-order valence-electron chi connectivity index (χ1n) is 5.64. The number of nitrogens with zero attached hydrogens (tertiary/aromatic N) is 2. The summed E-state index contributed by atoms with van der Waals surface area (Å²) < 4.78 is 5.44. The molecule has 2 aliphatic heterocycles. The average molecular weight is 208 g/mol. The van der Waals surface area contributed by atoms with Gasteiger partial charge in [0, 0.05) is 13.2 Å². The third-order valence-corrected chi connectivity index (χ3v) is 3.14. The van der Waals surface area contributed by atoms with Crippen molar-refractivity contribution in [2.75, 3.05) is 13.2 Å². The highest BCUT2D eigenvalue weighted by atomic mass is 16.5. The molecule has 2 rings (SSSR count). The lowest BCUT2D eigenvalue weighted by atomic mass is 10.1. The Labute approximate surface area is 89.8 Å². The number of carbonyl (C=O) groups excluding carboxylic acids is 1. The molecule has 0 N–H and O–H groups in total. The van der Waals surface area contributed by atoms with Crippen LogP contribution in [0.25, 0.3) is 0 Å². The van der Waals surface area contributed by atoms with E-state index in [0.29, 0.717) is 6.61 Å². The van der Waals surface area contributed by atoms with Crippen LogP contribution in [0.5, 0.6) is 0 Å². The first kappa shape index (κ1) is 10.4. The number of likely N-dealkylation sites (tertiary alicyclic amines) is 1. The number of amides is 1. The summed E-state index contributed by atoms with van der Waals surface area (Å²) in [5, 5.41) is 8.90. The summed E-state index contributed by atoms with van der Waals surface area (Å²) in [6.07, 6.45) is 4.39. The molecule has 2 atom stereocenters. The van der Waals surface area contributed by atoms with Crippen LogP contribution in [0.15, 0.2) is 0 Å². The number of hydrogen-bond donors (Lipinski definition) is 0. The van der Waals surface area contributed by atoms with E-state index in [1.165, 1.54) is 0 Å². The molecule has 2 fully saturated rings. The van der Waals surface area contributed by atoms with Crippen LogP contribution in [0.4, 0.5) is 0 Å². The largest absolute Gasteiger partial charge is 0.368 e. The topological polar surface area (TPSA) is 53.3 Å². The predicted molar refractivity (Wildman–Crippen MR) is 53.9 cm³/mol. The van der Waals surface area contributed by atoms with Gasteiger partial charge in [-0.2, -0.15) is 5.26 Å². The Morgan fingerprint density at radius 2 is 2.20 bits per heavy atom. The summed E-state index contributed by atoms with van der Waals surface area (Å²) in [5.74, 6) is 0.0266. The van der Waals surface area contributed by atoms with Crippen molar-refractivity contribution in [3.8, 4) is 6.07 Å². The molecule has 0 aromatic heterocycles. The third kappa shape index (κ3) is 2.13. The number of carbonyl (C=O) groups is 1. The Bertz CT molecular complexity index is 279. The van der Waals surface area contributed by atoms with E-state index < -0.39 is 0 Å². The van der Waals surface area contributed by atoms with Crippen molar-refractivity contribution >= 4 is 5.91 Å². The molecule has 4 heteroatoms. The van der Waals surface area contributed by atoms with E-state index in [9.17, 15) is 4.79 Å². The zero-order valence-corrected chi connectivity index (χ0v) is 8.82. The monoisotopic (exact) mass is 208 g/mol. The molecule has 4 nitrogen and oxygen atoms in total. The minimum atomic E-state index is -0.285. The average Bonchev–Trinajstić information content (AvgIpc) is 2.77. The maximum Gasteiger partial charge on any atom is 0.252 e. The van der Waals surface area contributed by atoms with Crippen molar-refractivity contribution in [2.24, 2.45) is 0 Å². The SMILES string of the molecule is N#CC1CCCN1C(=O)C1CCCCO1. The van der Waals surface area contributed by atoms with Crippen LogP contribution in [0.1, 0.15) is 32.1 Å². The first-order chi connectivity index (χ1) is 7.33. The van der Waals surface area contributed by atoms with Crippen LogP contribution >= 0.6 is 0 Å². The van der Waals surface area contributed by atoms with Gasteiger partial charge in [0.25, 0.3) is 5.91 Å². The minimum absolute atomic E-state index is 0.0266. The minimum Gasteiger partial charge on any atom is -0.368 e. The standard InChI is InChI=1S/C11H16N2O2/c12-8-9-4-3-6-13(9)11(14)10-5-1-2-7-15-10/h9-10H,1-7H2. The Balaban J connectivity index is 1.97. The van der Waals surface area contributed by atoms with Crippen LogP contribution in [0.3, 0.4) is 0 Å². The number of hydrogen-bond acceptors (Lipinski definition) is 3. The molecule has 0 bridgehead atoms. The quantitative estimate of drug-likeness (QED) is 0.647. The van der Waals surface area contributed by atoms with Gasteiger partial charge in [0.2, 0.25) is 0 Å². The van der Waals surface area contributed by atoms with E-state index in [1.54, 1.807) is 4.90 Å². The molecule has 2 aliphatic rings. The molecule has 0 saturated carbocycles. The van der Waals surface area contributed by atoms with Crippen molar-refractivity contribution in [3.05, 3.63) is 0 Å². The lowest BCUT2D eigenvalue weighted by Gasteiger charge is -2.28. The Kier molecular flexibility index (Phi) is 3.22. The predicted octanol–water partition coefficient (Wildman–Crippen LogP) is 1.07. The fourth-order valence-electron chi connectivity index (χ4n) is 2.29. The molecule has 82 valence electrons. The smallest absolute Gasteiger partial charge is 0.252 e. The molecule has 2 heterocycles. The van der Waals surface area contributed by atoms with E-state index in [4.69, 9.17) is 10.00 Å². The maximum atomic E-state index is 12.0. The van der Waals surface area contributed by atoms with Gasteiger partial charge < -0.3 is 9.64 Å². The molecule has 2 unspecified atom stereocenters. The van der Waals surface area contributed by atoms with Crippen LogP contribution in [0, 0.1) is 11.3 Å². The second-order valence-corrected chi connectivity index (χ2v) is 4.17. The number of ether oxygens (including phenoxy) is 1. The summed E-state index contributed by atoms with van der Waals surface area (Å²) in [6.45, 7) is 1.40. The van der Waals surface area contributed by atoms with E-state index in [2.05, 4.69) is 6.07 Å². The molecule has 0 aromatic carbocycles. The van der Waals surface area contributed by atoms with Gasteiger partial charge in [-0.25, -0.2) is 0 Å². The summed E-state index contributed by atoms with van der Waals surface area (Å²) in [5.41, 5.74) is 0. The summed E-state index contributed by atoms with van der Waals surface area (Å²) in [4.78, 5) is 13.7. The first-order valence-corrected chi connectivity index (χ1v) is 5.64. The molecule has 2 saturated heterocycles. The van der Waals surface area contributed by atoms with Gasteiger partial charge in [0.05, 0.1) is 6.07 Å². The van der Waals surface area contributed by atoms with E-state index >= 15 is 0 Å². The van der Waals surface area contributed by atoms with E-state index in [1.807, 2.05) is 0 Å². The third-order valence-electron chi connectivity index (χ3n) is 3.14. The lowest BCUT2D eigenvalue weighted by Crippen LogP contribution is -2.43. The molecule has 15 heavy (non-hydrogen) atoms. The van der Waals surface area contributed by atoms with Gasteiger partial charge in [-0.3, -0.25) is 4.79 Å². The van der Waals surface area contributed by atoms with Crippen LogP contribution in [-0.2, 0) is 9.53 Å². The van der Waals surface area contributed by atoms with Gasteiger partial charge in [0.1, 0.15) is 12.1 Å². The second-order valence-electron chi connectivity index (χ2n) is 4.17. The normalized spacial score (nSPS) is 31.3. The van der Waals surface area contributed by atoms with Crippen LogP contribution in [0.2, 0.25) is 0 Å². The van der Waals surface area contributed by atoms with Crippen molar-refractivity contribution < 1.29 is 9.53 Å². The molecule has 0 radical (unpaired) electrons. The Morgan fingerprint density at radius 3 is 2.87 bits per heavy atom. The van der Waals surface area contributed by atoms with Crippen molar-refractivity contribution in [1.29, 1.82) is 5.26 Å². The van der Waals surface area contributed by atoms with Gasteiger partial charge in [-0.05, 0) is 32.1 Å². The van der Waals surface area contributed by atoms with Crippen molar-refractivity contribution in [2.45, 2.75) is 44.2 Å². The van der Waals surface area contributed by atoms with Gasteiger partial charge in [0.15, 0.2) is 0 Å². The fourth-order valence-corrected chi connectivity index (χ4v) is 2.29. The molecule has 0 aliphatic carbocycles. The summed E-state index contributed by atoms with van der Waals surface area (Å²) in [7, 11) is 0. The Hall–Kier alpha value is -1.08. The van der Waals surface area contributed by atoms with E-state index in [-0.39, 0.29) is 18.1 Å². The van der Waals surface area contributed by atoms with Gasteiger partial charge >= 0.3 is 0 Å². The highest BCUT2D eigenvalue weighted by Crippen LogP contribution is 2.21. The van der Waals surface area contributed by atoms with Gasteiger partial charge in [-0.15, -0.1) is 0 Å². The van der Waals surface area contributed by atoms with E-state index in [0.717, 1.165) is 38.6 Å². The Morgan fingerprint density at radius 1 is 1.33 bits per heavy atom. The maximum absolute atomic E-state index is 12.0. The zero-order chi connectivity index (χ0) is 10.7. The molecule has 0 spiro atoms. The van der Waals surface area contributed by atoms with Crippen molar-refractivity contribution in [1.82, 2.24) is 4.90 Å². The highest BCUT2D eigenvalue weighted by molar-refractivity contribution is 5.81. The lowest BCUT2D eigenvalue weighted by molar-refractivity contribution is -0.146. The van der Waals surface area contributed by atoms with Crippen LogP contribution in [-0.4, -0.2) is 36.1 Å². The molecule has 1 amide bonds.